The second-order valence-corrected chi connectivity index (χ2v) is 4.88. The Morgan fingerprint density at radius 1 is 1.46 bits per heavy atom. The van der Waals surface area contributed by atoms with E-state index in [0.717, 1.165) is 10.2 Å². The van der Waals surface area contributed by atoms with Crippen molar-refractivity contribution in [2.24, 2.45) is 0 Å². The molecule has 13 heavy (non-hydrogen) atoms. The quantitative estimate of drug-likeness (QED) is 0.765. The van der Waals surface area contributed by atoms with Gasteiger partial charge in [-0.1, -0.05) is 15.9 Å². The first kappa shape index (κ1) is 9.41. The van der Waals surface area contributed by atoms with Gasteiger partial charge in [-0.15, -0.1) is 11.8 Å². The molecule has 2 rings (SSSR count). The second-order valence-electron chi connectivity index (χ2n) is 3.11. The molecule has 0 unspecified atom stereocenters. The predicted octanol–water partition coefficient (Wildman–Crippen LogP) is 3.71. The van der Waals surface area contributed by atoms with Crippen LogP contribution in [0.4, 0.5) is 0 Å². The minimum atomic E-state index is 0.472. The van der Waals surface area contributed by atoms with Crippen molar-refractivity contribution in [3.05, 3.63) is 22.7 Å². The van der Waals surface area contributed by atoms with Crippen molar-refractivity contribution in [1.29, 1.82) is 0 Å². The molecule has 0 aromatic heterocycles. The molecule has 1 aliphatic carbocycles. The average Bonchev–Trinajstić information content (AvgIpc) is 2.89. The topological polar surface area (TPSA) is 9.23 Å². The predicted molar refractivity (Wildman–Crippen MR) is 59.6 cm³/mol. The third-order valence-electron chi connectivity index (χ3n) is 1.94. The molecule has 3 heteroatoms. The molecule has 1 aromatic rings. The van der Waals surface area contributed by atoms with E-state index >= 15 is 0 Å². The van der Waals surface area contributed by atoms with Crippen molar-refractivity contribution in [3.8, 4) is 5.75 Å². The highest BCUT2D eigenvalue weighted by Gasteiger charge is 2.24. The fourth-order valence-electron chi connectivity index (χ4n) is 1.11. The van der Waals surface area contributed by atoms with Crippen LogP contribution in [0.1, 0.15) is 12.8 Å². The van der Waals surface area contributed by atoms with E-state index < -0.39 is 0 Å². The van der Waals surface area contributed by atoms with Gasteiger partial charge < -0.3 is 4.74 Å². The van der Waals surface area contributed by atoms with Gasteiger partial charge in [0.15, 0.2) is 0 Å². The summed E-state index contributed by atoms with van der Waals surface area (Å²) in [4.78, 5) is 1.22. The molecule has 1 fully saturated rings. The summed E-state index contributed by atoms with van der Waals surface area (Å²) in [6.45, 7) is 0. The Morgan fingerprint density at radius 2 is 2.23 bits per heavy atom. The van der Waals surface area contributed by atoms with Gasteiger partial charge in [0, 0.05) is 9.37 Å². The van der Waals surface area contributed by atoms with E-state index in [-0.39, 0.29) is 0 Å². The Labute approximate surface area is 91.0 Å². The molecule has 1 nitrogen and oxygen atoms in total. The van der Waals surface area contributed by atoms with Gasteiger partial charge in [-0.3, -0.25) is 0 Å². The van der Waals surface area contributed by atoms with Crippen molar-refractivity contribution < 1.29 is 4.74 Å². The first-order valence-corrected chi connectivity index (χ1v) is 6.31. The molecular formula is C10H11BrOS. The van der Waals surface area contributed by atoms with Crippen LogP contribution in [0, 0.1) is 0 Å². The van der Waals surface area contributed by atoms with Crippen molar-refractivity contribution in [1.82, 2.24) is 0 Å². The molecule has 0 saturated heterocycles. The summed E-state index contributed by atoms with van der Waals surface area (Å²) in [5.74, 6) is 1.02. The van der Waals surface area contributed by atoms with E-state index in [9.17, 15) is 0 Å². The van der Waals surface area contributed by atoms with Gasteiger partial charge in [-0.05, 0) is 37.3 Å². The third-order valence-corrected chi connectivity index (χ3v) is 3.21. The molecule has 1 saturated carbocycles. The van der Waals surface area contributed by atoms with Crippen molar-refractivity contribution in [3.63, 3.8) is 0 Å². The second kappa shape index (κ2) is 3.93. The summed E-state index contributed by atoms with van der Waals surface area (Å²) in [7, 11) is 0. The van der Waals surface area contributed by atoms with Gasteiger partial charge in [0.25, 0.3) is 0 Å². The number of benzene rings is 1. The van der Waals surface area contributed by atoms with Crippen molar-refractivity contribution in [2.45, 2.75) is 23.8 Å². The van der Waals surface area contributed by atoms with E-state index in [1.807, 2.05) is 12.1 Å². The monoisotopic (exact) mass is 258 g/mol. The fraction of sp³-hybridized carbons (Fsp3) is 0.400. The van der Waals surface area contributed by atoms with Crippen LogP contribution in [-0.2, 0) is 0 Å². The lowest BCUT2D eigenvalue weighted by atomic mass is 10.3. The van der Waals surface area contributed by atoms with Gasteiger partial charge in [-0.2, -0.15) is 0 Å². The largest absolute Gasteiger partial charge is 0.489 e. The Morgan fingerprint density at radius 3 is 2.85 bits per heavy atom. The van der Waals surface area contributed by atoms with E-state index in [2.05, 4.69) is 28.3 Å². The highest BCUT2D eigenvalue weighted by atomic mass is 79.9. The molecule has 1 aliphatic rings. The van der Waals surface area contributed by atoms with Crippen LogP contribution in [0.15, 0.2) is 27.6 Å². The lowest BCUT2D eigenvalue weighted by molar-refractivity contribution is 0.296. The molecule has 1 aromatic carbocycles. The molecular weight excluding hydrogens is 248 g/mol. The minimum absolute atomic E-state index is 0.472. The highest BCUT2D eigenvalue weighted by Crippen LogP contribution is 2.35. The van der Waals surface area contributed by atoms with Gasteiger partial charge in [0.2, 0.25) is 0 Å². The standard InChI is InChI=1S/C10H11BrOS/c1-13-10-5-2-7(11)6-9(10)12-8-3-4-8/h2,5-6,8H,3-4H2,1H3. The Kier molecular flexibility index (Phi) is 2.84. The van der Waals surface area contributed by atoms with E-state index in [1.54, 1.807) is 11.8 Å². The van der Waals surface area contributed by atoms with Gasteiger partial charge in [-0.25, -0.2) is 0 Å². The van der Waals surface area contributed by atoms with Crippen LogP contribution < -0.4 is 4.74 Å². The average molecular weight is 259 g/mol. The van der Waals surface area contributed by atoms with Gasteiger partial charge >= 0.3 is 0 Å². The van der Waals surface area contributed by atoms with Crippen LogP contribution in [0.3, 0.4) is 0 Å². The van der Waals surface area contributed by atoms with Crippen LogP contribution >= 0.6 is 27.7 Å². The summed E-state index contributed by atoms with van der Waals surface area (Å²) < 4.78 is 6.86. The van der Waals surface area contributed by atoms with E-state index in [1.165, 1.54) is 17.7 Å². The number of hydrogen-bond acceptors (Lipinski definition) is 2. The normalized spacial score (nSPS) is 15.8. The van der Waals surface area contributed by atoms with Crippen LogP contribution in [-0.4, -0.2) is 12.4 Å². The Balaban J connectivity index is 2.22. The zero-order valence-corrected chi connectivity index (χ0v) is 9.82. The molecule has 0 amide bonds. The lowest BCUT2D eigenvalue weighted by Gasteiger charge is -2.08. The highest BCUT2D eigenvalue weighted by molar-refractivity contribution is 9.10. The Bertz CT molecular complexity index is 310. The molecule has 0 bridgehead atoms. The smallest absolute Gasteiger partial charge is 0.134 e. The molecule has 0 atom stereocenters. The fourth-order valence-corrected chi connectivity index (χ4v) is 1.96. The summed E-state index contributed by atoms with van der Waals surface area (Å²) >= 11 is 5.17. The summed E-state index contributed by atoms with van der Waals surface area (Å²) in [6, 6.07) is 6.18. The molecule has 0 heterocycles. The molecule has 0 aliphatic heterocycles. The summed E-state index contributed by atoms with van der Waals surface area (Å²) in [5.41, 5.74) is 0. The van der Waals surface area contributed by atoms with Crippen molar-refractivity contribution >= 4 is 27.7 Å². The molecule has 0 spiro atoms. The van der Waals surface area contributed by atoms with E-state index in [0.29, 0.717) is 6.10 Å². The molecule has 0 N–H and O–H groups in total. The van der Waals surface area contributed by atoms with E-state index in [4.69, 9.17) is 4.74 Å². The number of hydrogen-bond donors (Lipinski definition) is 0. The zero-order valence-electron chi connectivity index (χ0n) is 7.42. The third kappa shape index (κ3) is 2.41. The van der Waals surface area contributed by atoms with Crippen LogP contribution in [0.25, 0.3) is 0 Å². The number of ether oxygens (including phenoxy) is 1. The number of halogens is 1. The van der Waals surface area contributed by atoms with Crippen molar-refractivity contribution in [2.75, 3.05) is 6.26 Å². The van der Waals surface area contributed by atoms with Gasteiger partial charge in [0.05, 0.1) is 6.10 Å². The lowest BCUT2D eigenvalue weighted by Crippen LogP contribution is -1.96. The first-order valence-electron chi connectivity index (χ1n) is 4.30. The maximum atomic E-state index is 5.78. The summed E-state index contributed by atoms with van der Waals surface area (Å²) in [5, 5.41) is 0. The summed E-state index contributed by atoms with van der Waals surface area (Å²) in [6.07, 6.45) is 4.96. The SMILES string of the molecule is CSc1ccc(Br)cc1OC1CC1. The zero-order chi connectivity index (χ0) is 9.26. The maximum absolute atomic E-state index is 5.78. The molecule has 0 radical (unpaired) electrons. The number of rotatable bonds is 3. The Hall–Kier alpha value is -0.150. The van der Waals surface area contributed by atoms with Gasteiger partial charge in [0.1, 0.15) is 5.75 Å². The minimum Gasteiger partial charge on any atom is -0.489 e. The number of thioether (sulfide) groups is 1. The van der Waals surface area contributed by atoms with Crippen LogP contribution in [0.5, 0.6) is 5.75 Å². The van der Waals surface area contributed by atoms with Crippen LogP contribution in [0.2, 0.25) is 0 Å². The molecule has 70 valence electrons. The maximum Gasteiger partial charge on any atom is 0.134 e. The first-order chi connectivity index (χ1) is 6.29.